The number of rotatable bonds is 8. The lowest BCUT2D eigenvalue weighted by Crippen LogP contribution is -2.56. The van der Waals surface area contributed by atoms with Crippen molar-refractivity contribution in [2.45, 2.75) is 42.0 Å². The van der Waals surface area contributed by atoms with Crippen LogP contribution in [0, 0.1) is 0 Å². The van der Waals surface area contributed by atoms with Gasteiger partial charge < -0.3 is 15.4 Å². The largest absolute Gasteiger partial charge is 0.480 e. The third-order valence-corrected chi connectivity index (χ3v) is 10.0. The molecule has 0 aliphatic carbocycles. The van der Waals surface area contributed by atoms with Crippen molar-refractivity contribution in [3.05, 3.63) is 83.2 Å². The molecule has 0 bridgehead atoms. The molecule has 1 fully saturated rings. The predicted octanol–water partition coefficient (Wildman–Crippen LogP) is 1.76. The number of carbonyl (C=O) groups is 2. The number of carboxylic acids is 1. The summed E-state index contributed by atoms with van der Waals surface area (Å²) in [6, 6.07) is 10.5. The Hall–Kier alpha value is -4.01. The lowest BCUT2D eigenvalue weighted by Gasteiger charge is -2.30. The third kappa shape index (κ3) is 5.12. The van der Waals surface area contributed by atoms with E-state index in [1.54, 1.807) is 56.4 Å². The van der Waals surface area contributed by atoms with E-state index < -0.39 is 38.7 Å². The lowest BCUT2D eigenvalue weighted by atomic mass is 10.0. The number of benzene rings is 1. The zero-order valence-corrected chi connectivity index (χ0v) is 23.1. The molecule has 208 valence electrons. The van der Waals surface area contributed by atoms with Crippen LogP contribution < -0.4 is 11.0 Å². The second-order valence-electron chi connectivity index (χ2n) is 9.77. The van der Waals surface area contributed by atoms with E-state index >= 15 is 0 Å². The molecule has 2 atom stereocenters. The summed E-state index contributed by atoms with van der Waals surface area (Å²) >= 11 is 1.29. The number of aromatic amines is 1. The van der Waals surface area contributed by atoms with Gasteiger partial charge in [0.05, 0.1) is 17.1 Å². The summed E-state index contributed by atoms with van der Waals surface area (Å²) in [5.41, 5.74) is 1.81. The number of fused-ring (bicyclic) bond motifs is 1. The average molecular weight is 583 g/mol. The summed E-state index contributed by atoms with van der Waals surface area (Å²) in [7, 11) is -4.06. The first kappa shape index (κ1) is 27.6. The van der Waals surface area contributed by atoms with Crippen molar-refractivity contribution in [3.8, 4) is 5.69 Å². The number of carboxylic acid groups (broad SMARTS) is 1. The van der Waals surface area contributed by atoms with E-state index in [2.05, 4.69) is 20.3 Å². The molecule has 1 amide bonds. The highest BCUT2D eigenvalue weighted by Crippen LogP contribution is 2.42. The molecule has 1 aromatic carbocycles. The number of hydrogen-bond donors (Lipinski definition) is 3. The number of carbonyl (C=O) groups excluding carboxylic acids is 1. The maximum atomic E-state index is 13.5. The van der Waals surface area contributed by atoms with Crippen molar-refractivity contribution in [1.29, 1.82) is 0 Å². The van der Waals surface area contributed by atoms with E-state index in [1.165, 1.54) is 40.9 Å². The number of amides is 1. The van der Waals surface area contributed by atoms with E-state index in [4.69, 9.17) is 0 Å². The SMILES string of the molecule is CC1(C)SCN(S(=O)(=O)c2cccnc2)[C@@H]1C(=O)N[C@@H](Cc1ccc(-n2c(=O)[nH]c3cccnc32)cc1)C(=O)O. The van der Waals surface area contributed by atoms with Gasteiger partial charge in [0.2, 0.25) is 15.9 Å². The summed E-state index contributed by atoms with van der Waals surface area (Å²) in [6.45, 7) is 3.49. The number of sulfonamides is 1. The molecule has 12 nitrogen and oxygen atoms in total. The fourth-order valence-electron chi connectivity index (χ4n) is 4.67. The highest BCUT2D eigenvalue weighted by molar-refractivity contribution is 8.02. The van der Waals surface area contributed by atoms with Crippen LogP contribution in [0.2, 0.25) is 0 Å². The van der Waals surface area contributed by atoms with Crippen LogP contribution >= 0.6 is 11.8 Å². The number of thioether (sulfide) groups is 1. The summed E-state index contributed by atoms with van der Waals surface area (Å²) < 4.78 is 28.3. The van der Waals surface area contributed by atoms with Crippen molar-refractivity contribution >= 4 is 44.8 Å². The summed E-state index contributed by atoms with van der Waals surface area (Å²) in [5.74, 6) is -1.94. The minimum Gasteiger partial charge on any atom is -0.480 e. The van der Waals surface area contributed by atoms with Crippen molar-refractivity contribution in [2.75, 3.05) is 5.88 Å². The topological polar surface area (TPSA) is 167 Å². The molecule has 1 aliphatic rings. The number of hydrogen-bond acceptors (Lipinski definition) is 8. The number of nitrogens with one attached hydrogen (secondary N) is 2. The highest BCUT2D eigenvalue weighted by Gasteiger charge is 2.51. The van der Waals surface area contributed by atoms with E-state index in [0.717, 1.165) is 4.31 Å². The number of pyridine rings is 2. The fourth-order valence-corrected chi connectivity index (χ4v) is 7.80. The first-order chi connectivity index (χ1) is 19.0. The molecular weight excluding hydrogens is 556 g/mol. The van der Waals surface area contributed by atoms with Gasteiger partial charge in [0.15, 0.2) is 5.65 Å². The van der Waals surface area contributed by atoms with E-state index in [1.807, 2.05) is 0 Å². The molecule has 3 N–H and O–H groups in total. The first-order valence-corrected chi connectivity index (χ1v) is 14.7. The molecule has 3 aromatic heterocycles. The molecule has 0 radical (unpaired) electrons. The van der Waals surface area contributed by atoms with Crippen molar-refractivity contribution in [3.63, 3.8) is 0 Å². The Kier molecular flexibility index (Phi) is 7.25. The van der Waals surface area contributed by atoms with Crippen molar-refractivity contribution in [1.82, 2.24) is 29.1 Å². The van der Waals surface area contributed by atoms with Crippen LogP contribution in [0.25, 0.3) is 16.9 Å². The minimum atomic E-state index is -4.06. The predicted molar refractivity (Wildman–Crippen MR) is 149 cm³/mol. The molecule has 0 spiro atoms. The van der Waals surface area contributed by atoms with Crippen LogP contribution in [-0.4, -0.2) is 71.9 Å². The van der Waals surface area contributed by atoms with Gasteiger partial charge in [-0.05, 0) is 55.8 Å². The normalized spacial score (nSPS) is 18.0. The molecule has 0 unspecified atom stereocenters. The smallest absolute Gasteiger partial charge is 0.332 e. The Balaban J connectivity index is 1.36. The number of aromatic nitrogens is 4. The number of H-pyrrole nitrogens is 1. The van der Waals surface area contributed by atoms with Crippen LogP contribution in [0.1, 0.15) is 19.4 Å². The Morgan fingerprint density at radius 1 is 1.18 bits per heavy atom. The Labute approximate surface area is 233 Å². The van der Waals surface area contributed by atoms with Crippen LogP contribution in [0.5, 0.6) is 0 Å². The molecule has 1 aliphatic heterocycles. The lowest BCUT2D eigenvalue weighted by molar-refractivity contribution is -0.142. The van der Waals surface area contributed by atoms with Crippen LogP contribution in [0.15, 0.2) is 76.8 Å². The van der Waals surface area contributed by atoms with E-state index in [-0.39, 0.29) is 22.9 Å². The van der Waals surface area contributed by atoms with Gasteiger partial charge in [-0.1, -0.05) is 12.1 Å². The summed E-state index contributed by atoms with van der Waals surface area (Å²) in [6.07, 6.45) is 4.18. The molecule has 4 aromatic rings. The van der Waals surface area contributed by atoms with Gasteiger partial charge in [-0.15, -0.1) is 11.8 Å². The summed E-state index contributed by atoms with van der Waals surface area (Å²) in [4.78, 5) is 48.9. The zero-order valence-electron chi connectivity index (χ0n) is 21.5. The van der Waals surface area contributed by atoms with Gasteiger partial charge >= 0.3 is 11.7 Å². The fraction of sp³-hybridized carbons (Fsp3) is 0.269. The number of aliphatic carboxylic acids is 1. The average Bonchev–Trinajstić information content (AvgIpc) is 3.44. The van der Waals surface area contributed by atoms with Gasteiger partial charge in [-0.3, -0.25) is 9.78 Å². The molecule has 5 rings (SSSR count). The quantitative estimate of drug-likeness (QED) is 0.280. The van der Waals surface area contributed by atoms with E-state index in [9.17, 15) is 27.9 Å². The zero-order chi connectivity index (χ0) is 28.7. The van der Waals surface area contributed by atoms with Gasteiger partial charge in [0, 0.05) is 29.8 Å². The van der Waals surface area contributed by atoms with Gasteiger partial charge in [-0.25, -0.2) is 27.6 Å². The van der Waals surface area contributed by atoms with Crippen LogP contribution in [-0.2, 0) is 26.0 Å². The number of nitrogens with zero attached hydrogens (tertiary/aromatic N) is 4. The Morgan fingerprint density at radius 2 is 1.90 bits per heavy atom. The van der Waals surface area contributed by atoms with Crippen molar-refractivity contribution < 1.29 is 23.1 Å². The molecule has 0 saturated carbocycles. The molecule has 14 heteroatoms. The first-order valence-electron chi connectivity index (χ1n) is 12.2. The highest BCUT2D eigenvalue weighted by atomic mass is 32.2. The maximum absolute atomic E-state index is 13.5. The van der Waals surface area contributed by atoms with Crippen LogP contribution in [0.3, 0.4) is 0 Å². The standard InChI is InChI=1S/C26H26N6O6S2/c1-26(2)21(31(15-39-26)40(37,38)18-5-3-11-27-14-18)23(33)29-20(24(34)35)13-16-7-9-17(10-8-16)32-22-19(30-25(32)36)6-4-12-28-22/h3-12,14,20-21H,13,15H2,1-2H3,(H,29,33)(H,30,36)(H,34,35)/t20-,21+/m0/s1. The van der Waals surface area contributed by atoms with Crippen molar-refractivity contribution in [2.24, 2.45) is 0 Å². The molecule has 40 heavy (non-hydrogen) atoms. The number of imidazole rings is 1. The third-order valence-electron chi connectivity index (χ3n) is 6.69. The van der Waals surface area contributed by atoms with Gasteiger partial charge in [0.1, 0.15) is 17.0 Å². The second-order valence-corrected chi connectivity index (χ2v) is 13.3. The maximum Gasteiger partial charge on any atom is 0.332 e. The van der Waals surface area contributed by atoms with E-state index in [0.29, 0.717) is 22.4 Å². The molecule has 1 saturated heterocycles. The molecular formula is C26H26N6O6S2. The van der Waals surface area contributed by atoms with Crippen LogP contribution in [0.4, 0.5) is 0 Å². The Bertz CT molecular complexity index is 1730. The van der Waals surface area contributed by atoms with Gasteiger partial charge in [0.25, 0.3) is 0 Å². The summed E-state index contributed by atoms with van der Waals surface area (Å²) in [5, 5.41) is 12.4. The Morgan fingerprint density at radius 3 is 2.58 bits per heavy atom. The minimum absolute atomic E-state index is 0.0313. The second kappa shape index (κ2) is 10.5. The monoisotopic (exact) mass is 582 g/mol. The molecule has 4 heterocycles. The van der Waals surface area contributed by atoms with Gasteiger partial charge in [-0.2, -0.15) is 4.31 Å².